The number of aromatic nitrogens is 3. The highest BCUT2D eigenvalue weighted by Crippen LogP contribution is 2.15. The summed E-state index contributed by atoms with van der Waals surface area (Å²) in [5.41, 5.74) is 0.608. The Bertz CT molecular complexity index is 746. The van der Waals surface area contributed by atoms with Crippen molar-refractivity contribution in [3.8, 4) is 5.69 Å². The summed E-state index contributed by atoms with van der Waals surface area (Å²) in [7, 11) is 0. The Labute approximate surface area is 136 Å². The van der Waals surface area contributed by atoms with Gasteiger partial charge in [0, 0.05) is 6.54 Å². The van der Waals surface area contributed by atoms with Gasteiger partial charge in [0.25, 0.3) is 5.91 Å². The summed E-state index contributed by atoms with van der Waals surface area (Å²) in [6, 6.07) is 4.98. The Kier molecular flexibility index (Phi) is 4.52. The molecule has 0 unspecified atom stereocenters. The maximum absolute atomic E-state index is 13.0. The monoisotopic (exact) mass is 334 g/mol. The van der Waals surface area contributed by atoms with Crippen molar-refractivity contribution in [1.82, 2.24) is 19.9 Å². The number of nitrogens with zero attached hydrogens (tertiary/aromatic N) is 4. The number of amides is 1. The van der Waals surface area contributed by atoms with Gasteiger partial charge in [-0.05, 0) is 24.3 Å². The Morgan fingerprint density at radius 3 is 2.79 bits per heavy atom. The van der Waals surface area contributed by atoms with Crippen LogP contribution in [-0.4, -0.2) is 62.7 Å². The van der Waals surface area contributed by atoms with Crippen molar-refractivity contribution in [2.45, 2.75) is 12.5 Å². The van der Waals surface area contributed by atoms with Crippen LogP contribution in [0.3, 0.4) is 0 Å². The summed E-state index contributed by atoms with van der Waals surface area (Å²) in [5, 5.41) is 17.1. The summed E-state index contributed by atoms with van der Waals surface area (Å²) in [6.07, 6.45) is 1.11. The van der Waals surface area contributed by atoms with Crippen molar-refractivity contribution in [3.05, 3.63) is 42.0 Å². The fourth-order valence-corrected chi connectivity index (χ4v) is 2.50. The van der Waals surface area contributed by atoms with E-state index in [9.17, 15) is 14.0 Å². The molecular formula is C15H15FN4O4. The van der Waals surface area contributed by atoms with E-state index in [-0.39, 0.29) is 24.5 Å². The number of aliphatic carboxylic acids is 1. The molecule has 1 N–H and O–H groups in total. The van der Waals surface area contributed by atoms with E-state index in [1.165, 1.54) is 40.2 Å². The molecule has 1 fully saturated rings. The van der Waals surface area contributed by atoms with E-state index in [2.05, 4.69) is 10.2 Å². The van der Waals surface area contributed by atoms with Crippen molar-refractivity contribution >= 4 is 11.9 Å². The molecular weight excluding hydrogens is 319 g/mol. The van der Waals surface area contributed by atoms with E-state index in [1.807, 2.05) is 0 Å². The first kappa shape index (κ1) is 16.1. The van der Waals surface area contributed by atoms with Crippen LogP contribution in [0, 0.1) is 5.82 Å². The quantitative estimate of drug-likeness (QED) is 0.885. The van der Waals surface area contributed by atoms with Gasteiger partial charge in [0.1, 0.15) is 5.82 Å². The second-order valence-electron chi connectivity index (χ2n) is 5.32. The Hall–Kier alpha value is -2.81. The lowest BCUT2D eigenvalue weighted by molar-refractivity contribution is -0.139. The minimum absolute atomic E-state index is 0.0941. The number of benzene rings is 1. The highest BCUT2D eigenvalue weighted by Gasteiger charge is 2.31. The average Bonchev–Trinajstić information content (AvgIpc) is 3.05. The molecule has 24 heavy (non-hydrogen) atoms. The first-order valence-electron chi connectivity index (χ1n) is 7.33. The Balaban J connectivity index is 1.79. The van der Waals surface area contributed by atoms with Gasteiger partial charge < -0.3 is 14.7 Å². The Morgan fingerprint density at radius 1 is 1.33 bits per heavy atom. The van der Waals surface area contributed by atoms with Gasteiger partial charge in [-0.2, -0.15) is 9.90 Å². The molecule has 126 valence electrons. The van der Waals surface area contributed by atoms with E-state index in [1.54, 1.807) is 0 Å². The van der Waals surface area contributed by atoms with Crippen molar-refractivity contribution in [3.63, 3.8) is 0 Å². The molecule has 1 aliphatic rings. The molecule has 8 nitrogen and oxygen atoms in total. The van der Waals surface area contributed by atoms with Crippen LogP contribution in [0.2, 0.25) is 0 Å². The van der Waals surface area contributed by atoms with Gasteiger partial charge >= 0.3 is 5.97 Å². The normalized spacial score (nSPS) is 17.7. The second kappa shape index (κ2) is 6.75. The van der Waals surface area contributed by atoms with Gasteiger partial charge in [0.2, 0.25) is 0 Å². The molecule has 1 aromatic carbocycles. The lowest BCUT2D eigenvalue weighted by Gasteiger charge is -2.34. The number of morpholine rings is 1. The Morgan fingerprint density at radius 2 is 2.08 bits per heavy atom. The van der Waals surface area contributed by atoms with E-state index in [0.717, 1.165) is 0 Å². The number of rotatable bonds is 4. The first-order chi connectivity index (χ1) is 11.5. The highest BCUT2D eigenvalue weighted by molar-refractivity contribution is 5.92. The van der Waals surface area contributed by atoms with E-state index in [4.69, 9.17) is 9.84 Å². The van der Waals surface area contributed by atoms with Crippen LogP contribution in [0.25, 0.3) is 5.69 Å². The highest BCUT2D eigenvalue weighted by atomic mass is 19.1. The lowest BCUT2D eigenvalue weighted by Crippen LogP contribution is -2.49. The van der Waals surface area contributed by atoms with Crippen LogP contribution in [0.5, 0.6) is 0 Å². The first-order valence-corrected chi connectivity index (χ1v) is 7.33. The van der Waals surface area contributed by atoms with Crippen LogP contribution in [0.15, 0.2) is 30.5 Å². The second-order valence-corrected chi connectivity index (χ2v) is 5.32. The fraction of sp³-hybridized carbons (Fsp3) is 0.333. The lowest BCUT2D eigenvalue weighted by atomic mass is 10.1. The minimum atomic E-state index is -1.00. The molecule has 2 heterocycles. The number of hydrogen-bond donors (Lipinski definition) is 1. The molecule has 3 rings (SSSR count). The van der Waals surface area contributed by atoms with Crippen molar-refractivity contribution in [2.75, 3.05) is 19.8 Å². The van der Waals surface area contributed by atoms with Gasteiger partial charge in [-0.3, -0.25) is 9.59 Å². The van der Waals surface area contributed by atoms with Crippen LogP contribution in [-0.2, 0) is 9.53 Å². The maximum atomic E-state index is 13.0. The molecule has 0 aliphatic carbocycles. The molecule has 0 saturated carbocycles. The van der Waals surface area contributed by atoms with Crippen LogP contribution >= 0.6 is 0 Å². The predicted molar refractivity (Wildman–Crippen MR) is 79.2 cm³/mol. The summed E-state index contributed by atoms with van der Waals surface area (Å²) >= 11 is 0. The number of ether oxygens (including phenoxy) is 1. The predicted octanol–water partition coefficient (Wildman–Crippen LogP) is 0.722. The van der Waals surface area contributed by atoms with Gasteiger partial charge in [-0.15, -0.1) is 5.10 Å². The molecule has 1 atom stereocenters. The number of carboxylic acids is 1. The summed E-state index contributed by atoms with van der Waals surface area (Å²) < 4.78 is 18.2. The number of hydrogen-bond acceptors (Lipinski definition) is 5. The van der Waals surface area contributed by atoms with Crippen molar-refractivity contribution in [2.24, 2.45) is 0 Å². The van der Waals surface area contributed by atoms with Gasteiger partial charge in [-0.1, -0.05) is 0 Å². The largest absolute Gasteiger partial charge is 0.481 e. The van der Waals surface area contributed by atoms with Crippen LogP contribution < -0.4 is 0 Å². The zero-order valence-corrected chi connectivity index (χ0v) is 12.6. The molecule has 1 saturated heterocycles. The number of halogens is 1. The van der Waals surface area contributed by atoms with E-state index >= 15 is 0 Å². The molecule has 0 bridgehead atoms. The molecule has 1 aromatic heterocycles. The van der Waals surface area contributed by atoms with Gasteiger partial charge in [-0.25, -0.2) is 4.39 Å². The summed E-state index contributed by atoms with van der Waals surface area (Å²) in [6.45, 7) is 0.804. The zero-order valence-electron chi connectivity index (χ0n) is 12.6. The number of carboxylic acid groups (broad SMARTS) is 1. The van der Waals surface area contributed by atoms with E-state index in [0.29, 0.717) is 18.8 Å². The molecule has 0 spiro atoms. The topological polar surface area (TPSA) is 97.5 Å². The molecule has 9 heteroatoms. The number of carbonyl (C=O) groups excluding carboxylic acids is 1. The van der Waals surface area contributed by atoms with Crippen molar-refractivity contribution in [1.29, 1.82) is 0 Å². The van der Waals surface area contributed by atoms with E-state index < -0.39 is 17.9 Å². The third-order valence-corrected chi connectivity index (χ3v) is 3.67. The molecule has 1 amide bonds. The van der Waals surface area contributed by atoms with Gasteiger partial charge in [0.15, 0.2) is 5.69 Å². The maximum Gasteiger partial charge on any atom is 0.305 e. The SMILES string of the molecule is O=C(O)C[C@H]1COCCN1C(=O)c1cnn(-c2ccc(F)cc2)n1. The van der Waals surface area contributed by atoms with Crippen molar-refractivity contribution < 1.29 is 23.8 Å². The van der Waals surface area contributed by atoms with Crippen LogP contribution in [0.4, 0.5) is 4.39 Å². The van der Waals surface area contributed by atoms with Crippen LogP contribution in [0.1, 0.15) is 16.9 Å². The fourth-order valence-electron chi connectivity index (χ4n) is 2.50. The minimum Gasteiger partial charge on any atom is -0.481 e. The third-order valence-electron chi connectivity index (χ3n) is 3.67. The summed E-state index contributed by atoms with van der Waals surface area (Å²) in [4.78, 5) is 26.2. The number of carbonyl (C=O) groups is 2. The van der Waals surface area contributed by atoms with Gasteiger partial charge in [0.05, 0.1) is 37.6 Å². The molecule has 2 aromatic rings. The third kappa shape index (κ3) is 3.40. The molecule has 1 aliphatic heterocycles. The summed E-state index contributed by atoms with van der Waals surface area (Å²) in [5.74, 6) is -1.79. The average molecular weight is 334 g/mol. The zero-order chi connectivity index (χ0) is 17.1. The molecule has 0 radical (unpaired) electrons. The smallest absolute Gasteiger partial charge is 0.305 e. The standard InChI is InChI=1S/C15H15FN4O4/c16-10-1-3-11(4-2-10)20-17-8-13(18-20)15(23)19-5-6-24-9-12(19)7-14(21)22/h1-4,8,12H,5-7,9H2,(H,21,22)/t12-/m0/s1.